The van der Waals surface area contributed by atoms with E-state index in [-0.39, 0.29) is 30.1 Å². The van der Waals surface area contributed by atoms with Gasteiger partial charge in [-0.15, -0.1) is 11.6 Å². The number of hydrogen-bond donors (Lipinski definition) is 0. The highest BCUT2D eigenvalue weighted by Gasteiger charge is 2.16. The zero-order chi connectivity index (χ0) is 13.5. The highest BCUT2D eigenvalue weighted by Crippen LogP contribution is 2.15. The molecule has 0 N–H and O–H groups in total. The van der Waals surface area contributed by atoms with Crippen LogP contribution < -0.4 is 4.74 Å². The van der Waals surface area contributed by atoms with Crippen LogP contribution in [-0.2, 0) is 4.79 Å². The smallest absolute Gasteiger partial charge is 0.226 e. The van der Waals surface area contributed by atoms with Crippen LogP contribution in [0.4, 0.5) is 4.39 Å². The van der Waals surface area contributed by atoms with Crippen LogP contribution in [0.15, 0.2) is 24.3 Å². The molecule has 0 aliphatic carbocycles. The Labute approximate surface area is 111 Å². The summed E-state index contributed by atoms with van der Waals surface area (Å²) in [5.74, 6) is -0.172. The molecular weight excluding hydrogens is 257 g/mol. The van der Waals surface area contributed by atoms with E-state index in [1.54, 1.807) is 32.2 Å². The van der Waals surface area contributed by atoms with Crippen molar-refractivity contribution in [3.8, 4) is 5.75 Å². The first-order valence-corrected chi connectivity index (χ1v) is 6.28. The van der Waals surface area contributed by atoms with E-state index in [9.17, 15) is 9.18 Å². The first kappa shape index (κ1) is 14.8. The summed E-state index contributed by atoms with van der Waals surface area (Å²) in [5, 5.41) is 0. The second-order valence-corrected chi connectivity index (χ2v) is 4.40. The van der Waals surface area contributed by atoms with Crippen molar-refractivity contribution in [3.05, 3.63) is 30.1 Å². The van der Waals surface area contributed by atoms with E-state index < -0.39 is 5.82 Å². The minimum Gasteiger partial charge on any atom is -0.489 e. The predicted octanol–water partition coefficient (Wildman–Crippen LogP) is 2.54. The molecule has 1 aromatic rings. The van der Waals surface area contributed by atoms with E-state index in [2.05, 4.69) is 0 Å². The highest BCUT2D eigenvalue weighted by atomic mass is 35.5. The summed E-state index contributed by atoms with van der Waals surface area (Å²) in [6.07, 6.45) is 0. The number of likely N-dealkylation sites (N-methyl/N-ethyl adjacent to an activating group) is 1. The Morgan fingerprint density at radius 1 is 1.50 bits per heavy atom. The number of hydrogen-bond acceptors (Lipinski definition) is 2. The fourth-order valence-electron chi connectivity index (χ4n) is 1.41. The third-order valence-corrected chi connectivity index (χ3v) is 3.01. The van der Waals surface area contributed by atoms with E-state index >= 15 is 0 Å². The summed E-state index contributed by atoms with van der Waals surface area (Å²) in [4.78, 5) is 13.2. The van der Waals surface area contributed by atoms with Crippen LogP contribution in [0.3, 0.4) is 0 Å². The Hall–Kier alpha value is -1.29. The maximum absolute atomic E-state index is 13.2. The van der Waals surface area contributed by atoms with Crippen molar-refractivity contribution < 1.29 is 13.9 Å². The van der Waals surface area contributed by atoms with Crippen LogP contribution in [0.1, 0.15) is 6.92 Å². The van der Waals surface area contributed by atoms with Crippen LogP contribution in [0.5, 0.6) is 5.75 Å². The van der Waals surface area contributed by atoms with Crippen molar-refractivity contribution in [1.82, 2.24) is 4.90 Å². The first-order chi connectivity index (χ1) is 8.56. The molecule has 0 aliphatic heterocycles. The van der Waals surface area contributed by atoms with Gasteiger partial charge >= 0.3 is 0 Å². The molecule has 5 heteroatoms. The molecule has 0 heterocycles. The van der Waals surface area contributed by atoms with Gasteiger partial charge in [-0.2, -0.15) is 0 Å². The monoisotopic (exact) mass is 273 g/mol. The van der Waals surface area contributed by atoms with Gasteiger partial charge in [0.15, 0.2) is 11.6 Å². The predicted molar refractivity (Wildman–Crippen MR) is 69.4 cm³/mol. The normalized spacial score (nSPS) is 12.0. The molecule has 0 saturated carbocycles. The fraction of sp³-hybridized carbons (Fsp3) is 0.462. The quantitative estimate of drug-likeness (QED) is 0.746. The van der Waals surface area contributed by atoms with Gasteiger partial charge in [-0.3, -0.25) is 4.79 Å². The van der Waals surface area contributed by atoms with Crippen LogP contribution in [0.25, 0.3) is 0 Å². The number of ether oxygens (including phenoxy) is 1. The second-order valence-electron chi connectivity index (χ2n) is 4.09. The van der Waals surface area contributed by atoms with Gasteiger partial charge in [-0.1, -0.05) is 19.1 Å². The van der Waals surface area contributed by atoms with Crippen LogP contribution in [0, 0.1) is 11.7 Å². The standard InChI is InChI=1S/C13H17ClFNO2/c1-10(9-14)13(17)16(2)7-8-18-12-6-4-3-5-11(12)15/h3-6,10H,7-9H2,1-2H3. The van der Waals surface area contributed by atoms with Crippen molar-refractivity contribution in [3.63, 3.8) is 0 Å². The average molecular weight is 274 g/mol. The third-order valence-electron chi connectivity index (χ3n) is 2.55. The number of carbonyl (C=O) groups is 1. The Bertz CT molecular complexity index is 400. The number of carbonyl (C=O) groups excluding carboxylic acids is 1. The molecule has 100 valence electrons. The topological polar surface area (TPSA) is 29.5 Å². The number of benzene rings is 1. The summed E-state index contributed by atoms with van der Waals surface area (Å²) < 4.78 is 18.5. The number of halogens is 2. The molecule has 18 heavy (non-hydrogen) atoms. The summed E-state index contributed by atoms with van der Waals surface area (Å²) in [6, 6.07) is 6.18. The molecular formula is C13H17ClFNO2. The van der Waals surface area contributed by atoms with Gasteiger partial charge in [0, 0.05) is 18.8 Å². The van der Waals surface area contributed by atoms with Gasteiger partial charge in [-0.05, 0) is 12.1 Å². The molecule has 0 radical (unpaired) electrons. The Balaban J connectivity index is 2.38. The second kappa shape index (κ2) is 7.21. The van der Waals surface area contributed by atoms with Gasteiger partial charge < -0.3 is 9.64 Å². The largest absolute Gasteiger partial charge is 0.489 e. The molecule has 1 aromatic carbocycles. The van der Waals surface area contributed by atoms with E-state index in [1.165, 1.54) is 11.0 Å². The summed E-state index contributed by atoms with van der Waals surface area (Å²) in [6.45, 7) is 2.41. The minimum atomic E-state index is -0.402. The average Bonchev–Trinajstić information content (AvgIpc) is 2.39. The minimum absolute atomic E-state index is 0.0397. The van der Waals surface area contributed by atoms with Crippen LogP contribution in [0.2, 0.25) is 0 Å². The zero-order valence-corrected chi connectivity index (χ0v) is 11.3. The van der Waals surface area contributed by atoms with Crippen molar-refractivity contribution >= 4 is 17.5 Å². The summed E-state index contributed by atoms with van der Waals surface area (Å²) >= 11 is 5.61. The number of amides is 1. The zero-order valence-electron chi connectivity index (χ0n) is 10.5. The molecule has 0 spiro atoms. The maximum atomic E-state index is 13.2. The molecule has 1 rings (SSSR count). The molecule has 1 atom stereocenters. The van der Waals surface area contributed by atoms with E-state index in [0.717, 1.165) is 0 Å². The lowest BCUT2D eigenvalue weighted by atomic mass is 10.2. The Morgan fingerprint density at radius 2 is 2.17 bits per heavy atom. The molecule has 3 nitrogen and oxygen atoms in total. The van der Waals surface area contributed by atoms with Crippen molar-refractivity contribution in [2.24, 2.45) is 5.92 Å². The van der Waals surface area contributed by atoms with Gasteiger partial charge in [0.1, 0.15) is 6.61 Å². The SMILES string of the molecule is CC(CCl)C(=O)N(C)CCOc1ccccc1F. The lowest BCUT2D eigenvalue weighted by molar-refractivity contribution is -0.133. The lowest BCUT2D eigenvalue weighted by Gasteiger charge is -2.20. The van der Waals surface area contributed by atoms with E-state index in [4.69, 9.17) is 16.3 Å². The van der Waals surface area contributed by atoms with Crippen molar-refractivity contribution in [1.29, 1.82) is 0 Å². The van der Waals surface area contributed by atoms with Gasteiger partial charge in [0.2, 0.25) is 5.91 Å². The van der Waals surface area contributed by atoms with Crippen LogP contribution >= 0.6 is 11.6 Å². The number of alkyl halides is 1. The lowest BCUT2D eigenvalue weighted by Crippen LogP contribution is -2.35. The third kappa shape index (κ3) is 4.18. The van der Waals surface area contributed by atoms with Gasteiger partial charge in [-0.25, -0.2) is 4.39 Å². The molecule has 0 saturated heterocycles. The molecule has 1 amide bonds. The van der Waals surface area contributed by atoms with E-state index in [0.29, 0.717) is 6.54 Å². The van der Waals surface area contributed by atoms with Gasteiger partial charge in [0.25, 0.3) is 0 Å². The van der Waals surface area contributed by atoms with Crippen molar-refractivity contribution in [2.75, 3.05) is 26.1 Å². The number of nitrogens with zero attached hydrogens (tertiary/aromatic N) is 1. The number of rotatable bonds is 6. The summed E-state index contributed by atoms with van der Waals surface area (Å²) in [7, 11) is 1.68. The maximum Gasteiger partial charge on any atom is 0.226 e. The Kier molecular flexibility index (Phi) is 5.92. The molecule has 0 aliphatic rings. The van der Waals surface area contributed by atoms with E-state index in [1.807, 2.05) is 0 Å². The van der Waals surface area contributed by atoms with Crippen LogP contribution in [-0.4, -0.2) is 36.9 Å². The Morgan fingerprint density at radius 3 is 2.78 bits per heavy atom. The molecule has 0 aromatic heterocycles. The van der Waals surface area contributed by atoms with Crippen molar-refractivity contribution in [2.45, 2.75) is 6.92 Å². The highest BCUT2D eigenvalue weighted by molar-refractivity contribution is 6.19. The molecule has 0 bridgehead atoms. The molecule has 0 fully saturated rings. The first-order valence-electron chi connectivity index (χ1n) is 5.74. The van der Waals surface area contributed by atoms with Gasteiger partial charge in [0.05, 0.1) is 6.54 Å². The molecule has 1 unspecified atom stereocenters. The fourth-order valence-corrected chi connectivity index (χ4v) is 1.54. The number of para-hydroxylation sites is 1. The summed E-state index contributed by atoms with van der Waals surface area (Å²) in [5.41, 5.74) is 0.